The molecule has 0 saturated carbocycles. The Balaban J connectivity index is 1.40. The summed E-state index contributed by atoms with van der Waals surface area (Å²) in [4.78, 5) is 26.7. The van der Waals surface area contributed by atoms with Crippen LogP contribution in [0.25, 0.3) is 5.53 Å². The summed E-state index contributed by atoms with van der Waals surface area (Å²) in [6, 6.07) is 7.66. The highest BCUT2D eigenvalue weighted by molar-refractivity contribution is 8.00. The summed E-state index contributed by atoms with van der Waals surface area (Å²) < 4.78 is 0. The zero-order valence-corrected chi connectivity index (χ0v) is 15.5. The summed E-state index contributed by atoms with van der Waals surface area (Å²) in [7, 11) is 0. The van der Waals surface area contributed by atoms with Crippen LogP contribution in [0, 0.1) is 0 Å². The van der Waals surface area contributed by atoms with E-state index in [2.05, 4.69) is 20.7 Å². The molecule has 2 saturated heterocycles. The molecule has 2 fully saturated rings. The monoisotopic (exact) mass is 373 g/mol. The molecule has 8 heteroatoms. The van der Waals surface area contributed by atoms with Gasteiger partial charge in [-0.2, -0.15) is 16.6 Å². The highest BCUT2D eigenvalue weighted by Gasteiger charge is 2.42. The smallest absolute Gasteiger partial charge is 0.315 e. The Morgan fingerprint density at radius 3 is 3.04 bits per heavy atom. The van der Waals surface area contributed by atoms with Gasteiger partial charge in [-0.1, -0.05) is 12.5 Å². The quantitative estimate of drug-likeness (QED) is 0.225. The first kappa shape index (κ1) is 18.5. The molecule has 3 rings (SSSR count). The summed E-state index contributed by atoms with van der Waals surface area (Å²) >= 11 is 1.89. The van der Waals surface area contributed by atoms with Crippen LogP contribution in [0.1, 0.15) is 38.2 Å². The third-order valence-electron chi connectivity index (χ3n) is 4.79. The molecule has 1 aromatic carbocycles. The highest BCUT2D eigenvalue weighted by Crippen LogP contribution is 2.33. The number of fused-ring (bicyclic) bond motifs is 1. The number of carbonyl (C=O) groups excluding carboxylic acids is 2. The molecule has 0 aromatic heterocycles. The van der Waals surface area contributed by atoms with E-state index in [1.165, 1.54) is 0 Å². The Bertz CT molecular complexity index is 747. The number of rotatable bonds is 7. The van der Waals surface area contributed by atoms with Crippen LogP contribution in [0.3, 0.4) is 0 Å². The Morgan fingerprint density at radius 1 is 1.38 bits per heavy atom. The molecule has 3 atom stereocenters. The van der Waals surface area contributed by atoms with Crippen LogP contribution in [0.2, 0.25) is 0 Å². The van der Waals surface area contributed by atoms with Gasteiger partial charge in [0.15, 0.2) is 0 Å². The Morgan fingerprint density at radius 2 is 2.23 bits per heavy atom. The van der Waals surface area contributed by atoms with Gasteiger partial charge in [0, 0.05) is 30.0 Å². The molecule has 0 aliphatic carbocycles. The maximum absolute atomic E-state index is 12.1. The van der Waals surface area contributed by atoms with Gasteiger partial charge in [-0.25, -0.2) is 4.79 Å². The standard InChI is InChI=1S/C18H23N5O2S/c1-11(23-19)12-5-4-6-13(9-12)20-16(24)8-3-2-7-15-17-14(10-26-15)21-18(25)22-17/h4-6,9,14-15,17H,2-3,7-8,10H2,1H3,(H,20,24)(H2,21,22,25)/t14-,15-,17-/m0/s1. The molecule has 138 valence electrons. The highest BCUT2D eigenvalue weighted by atomic mass is 32.2. The van der Waals surface area contributed by atoms with Gasteiger partial charge in [-0.3, -0.25) is 4.79 Å². The second-order valence-electron chi connectivity index (χ2n) is 6.68. The summed E-state index contributed by atoms with van der Waals surface area (Å²) in [5.74, 6) is 0.940. The van der Waals surface area contributed by atoms with Crippen LogP contribution < -0.4 is 16.0 Å². The molecule has 3 N–H and O–H groups in total. The van der Waals surface area contributed by atoms with Crippen LogP contribution in [0.5, 0.6) is 0 Å². The molecule has 26 heavy (non-hydrogen) atoms. The third kappa shape index (κ3) is 4.45. The zero-order valence-electron chi connectivity index (χ0n) is 14.7. The molecule has 0 radical (unpaired) electrons. The Labute approximate surface area is 156 Å². The van der Waals surface area contributed by atoms with Crippen molar-refractivity contribution in [2.75, 3.05) is 11.1 Å². The summed E-state index contributed by atoms with van der Waals surface area (Å²) in [5.41, 5.74) is 10.8. The van der Waals surface area contributed by atoms with Crippen LogP contribution in [0.15, 0.2) is 24.3 Å². The van der Waals surface area contributed by atoms with Crippen molar-refractivity contribution < 1.29 is 14.4 Å². The predicted octanol–water partition coefficient (Wildman–Crippen LogP) is 2.39. The van der Waals surface area contributed by atoms with E-state index in [-0.39, 0.29) is 24.0 Å². The van der Waals surface area contributed by atoms with Gasteiger partial charge < -0.3 is 21.5 Å². The van der Waals surface area contributed by atoms with Crippen molar-refractivity contribution in [3.63, 3.8) is 0 Å². The number of nitrogens with zero attached hydrogens (tertiary/aromatic N) is 2. The van der Waals surface area contributed by atoms with Gasteiger partial charge in [-0.15, -0.1) is 0 Å². The van der Waals surface area contributed by atoms with Crippen molar-refractivity contribution in [1.82, 2.24) is 10.6 Å². The summed E-state index contributed by atoms with van der Waals surface area (Å²) in [6.45, 7) is 1.70. The number of amides is 3. The van der Waals surface area contributed by atoms with Crippen molar-refractivity contribution in [3.05, 3.63) is 35.4 Å². The predicted molar refractivity (Wildman–Crippen MR) is 102 cm³/mol. The largest absolute Gasteiger partial charge is 0.361 e. The molecular formula is C18H23N5O2S. The summed E-state index contributed by atoms with van der Waals surface area (Å²) in [5, 5.41) is 9.24. The van der Waals surface area contributed by atoms with Crippen molar-refractivity contribution in [2.24, 2.45) is 0 Å². The number of hydrogen-bond donors (Lipinski definition) is 3. The number of urea groups is 1. The van der Waals surface area contributed by atoms with E-state index in [4.69, 9.17) is 5.53 Å². The van der Waals surface area contributed by atoms with Gasteiger partial charge in [0.25, 0.3) is 5.71 Å². The lowest BCUT2D eigenvalue weighted by Gasteiger charge is -2.16. The van der Waals surface area contributed by atoms with Gasteiger partial charge in [0.05, 0.1) is 17.6 Å². The van der Waals surface area contributed by atoms with E-state index in [0.29, 0.717) is 23.1 Å². The van der Waals surface area contributed by atoms with Gasteiger partial charge in [-0.05, 0) is 31.0 Å². The van der Waals surface area contributed by atoms with E-state index in [1.54, 1.807) is 13.0 Å². The molecule has 1 aromatic rings. The van der Waals surface area contributed by atoms with E-state index < -0.39 is 0 Å². The molecule has 3 amide bonds. The van der Waals surface area contributed by atoms with Crippen LogP contribution >= 0.6 is 11.8 Å². The number of unbranched alkanes of at least 4 members (excludes halogenated alkanes) is 1. The Kier molecular flexibility index (Phi) is 5.96. The minimum atomic E-state index is -0.0617. The van der Waals surface area contributed by atoms with Crippen molar-refractivity contribution >= 4 is 35.1 Å². The van der Waals surface area contributed by atoms with Gasteiger partial charge in [0.1, 0.15) is 0 Å². The van der Waals surface area contributed by atoms with E-state index in [9.17, 15) is 9.59 Å². The normalized spacial score (nSPS) is 23.6. The molecule has 2 heterocycles. The zero-order chi connectivity index (χ0) is 18.5. The SMILES string of the molecule is CC(=[N+]=[N-])c1cccc(NC(=O)CCCC[C@@H]2SC[C@@H]3NC(=O)N[C@@H]32)c1. The number of benzene rings is 1. The molecular weight excluding hydrogens is 350 g/mol. The first-order valence-corrected chi connectivity index (χ1v) is 9.89. The van der Waals surface area contributed by atoms with E-state index >= 15 is 0 Å². The van der Waals surface area contributed by atoms with Crippen molar-refractivity contribution in [2.45, 2.75) is 49.9 Å². The number of carbonyl (C=O) groups is 2. The van der Waals surface area contributed by atoms with E-state index in [0.717, 1.165) is 30.6 Å². The number of nitrogens with one attached hydrogen (secondary N) is 3. The minimum Gasteiger partial charge on any atom is -0.361 e. The molecule has 0 bridgehead atoms. The maximum atomic E-state index is 12.1. The number of thioether (sulfide) groups is 1. The molecule has 7 nitrogen and oxygen atoms in total. The molecule has 0 unspecified atom stereocenters. The topological polar surface area (TPSA) is 107 Å². The maximum Gasteiger partial charge on any atom is 0.315 e. The lowest BCUT2D eigenvalue weighted by Crippen LogP contribution is -2.36. The van der Waals surface area contributed by atoms with Gasteiger partial charge >= 0.3 is 6.03 Å². The molecule has 2 aliphatic heterocycles. The van der Waals surface area contributed by atoms with Crippen molar-refractivity contribution in [3.8, 4) is 0 Å². The second-order valence-corrected chi connectivity index (χ2v) is 7.95. The van der Waals surface area contributed by atoms with Crippen LogP contribution in [-0.4, -0.2) is 45.5 Å². The summed E-state index contributed by atoms with van der Waals surface area (Å²) in [6.07, 6.45) is 3.25. The molecule has 0 spiro atoms. The fourth-order valence-corrected chi connectivity index (χ4v) is 4.92. The van der Waals surface area contributed by atoms with E-state index in [1.807, 2.05) is 30.0 Å². The number of hydrogen-bond acceptors (Lipinski definition) is 3. The fourth-order valence-electron chi connectivity index (χ4n) is 3.38. The average Bonchev–Trinajstić information content (AvgIpc) is 3.17. The lowest BCUT2D eigenvalue weighted by molar-refractivity contribution is -0.116. The lowest BCUT2D eigenvalue weighted by atomic mass is 10.0. The van der Waals surface area contributed by atoms with Crippen molar-refractivity contribution in [1.29, 1.82) is 0 Å². The average molecular weight is 373 g/mol. The van der Waals surface area contributed by atoms with Crippen LogP contribution in [0.4, 0.5) is 10.5 Å². The first-order valence-electron chi connectivity index (χ1n) is 8.84. The van der Waals surface area contributed by atoms with Gasteiger partial charge in [0.2, 0.25) is 5.91 Å². The fraction of sp³-hybridized carbons (Fsp3) is 0.500. The minimum absolute atomic E-state index is 0.0199. The van der Waals surface area contributed by atoms with Crippen LogP contribution in [-0.2, 0) is 4.79 Å². The third-order valence-corrected chi connectivity index (χ3v) is 6.30. The first-order chi connectivity index (χ1) is 12.6. The molecule has 2 aliphatic rings. The Hall–Kier alpha value is -2.31. The number of anilines is 1. The second kappa shape index (κ2) is 8.38.